The maximum absolute atomic E-state index is 8.77. The van der Waals surface area contributed by atoms with Crippen LogP contribution in [0, 0.1) is 11.3 Å². The van der Waals surface area contributed by atoms with Crippen LogP contribution in [0.3, 0.4) is 0 Å². The summed E-state index contributed by atoms with van der Waals surface area (Å²) < 4.78 is 0. The first-order chi connectivity index (χ1) is 9.10. The lowest BCUT2D eigenvalue weighted by atomic mass is 10.0. The molecular formula is C15H16N4. The number of pyridine rings is 1. The monoisotopic (exact) mass is 252 g/mol. The molecule has 0 spiro atoms. The van der Waals surface area contributed by atoms with E-state index in [2.05, 4.69) is 36.3 Å². The SMILES string of the molecule is CC(C)c1cccc(Nc2ncc(C#N)cc2N)c1. The number of hydrogen-bond donors (Lipinski definition) is 2. The summed E-state index contributed by atoms with van der Waals surface area (Å²) >= 11 is 0. The molecule has 0 saturated heterocycles. The molecular weight excluding hydrogens is 236 g/mol. The first kappa shape index (κ1) is 12.9. The molecule has 19 heavy (non-hydrogen) atoms. The minimum atomic E-state index is 0.457. The molecule has 96 valence electrons. The number of aromatic nitrogens is 1. The van der Waals surface area contributed by atoms with E-state index in [0.717, 1.165) is 5.69 Å². The number of nitrogen functional groups attached to an aromatic ring is 1. The van der Waals surface area contributed by atoms with E-state index in [1.165, 1.54) is 11.8 Å². The number of nitriles is 1. The summed E-state index contributed by atoms with van der Waals surface area (Å²) in [7, 11) is 0. The summed E-state index contributed by atoms with van der Waals surface area (Å²) in [5.41, 5.74) is 8.98. The average Bonchev–Trinajstić information content (AvgIpc) is 2.41. The lowest BCUT2D eigenvalue weighted by Gasteiger charge is -2.11. The average molecular weight is 252 g/mol. The smallest absolute Gasteiger partial charge is 0.153 e. The van der Waals surface area contributed by atoms with Gasteiger partial charge in [-0.1, -0.05) is 26.0 Å². The molecule has 0 bridgehead atoms. The predicted octanol–water partition coefficient (Wildman–Crippen LogP) is 3.40. The standard InChI is InChI=1S/C15H16N4/c1-10(2)12-4-3-5-13(7-12)19-15-14(17)6-11(8-16)9-18-15/h3-7,9-10H,17H2,1-2H3,(H,18,19). The molecule has 0 amide bonds. The van der Waals surface area contributed by atoms with Gasteiger partial charge in [0.1, 0.15) is 6.07 Å². The van der Waals surface area contributed by atoms with Gasteiger partial charge in [-0.3, -0.25) is 0 Å². The zero-order valence-corrected chi connectivity index (χ0v) is 11.0. The third-order valence-corrected chi connectivity index (χ3v) is 2.86. The van der Waals surface area contributed by atoms with Gasteiger partial charge in [0.05, 0.1) is 11.3 Å². The van der Waals surface area contributed by atoms with Crippen LogP contribution in [-0.2, 0) is 0 Å². The molecule has 0 aliphatic heterocycles. The van der Waals surface area contributed by atoms with Crippen molar-refractivity contribution in [3.8, 4) is 6.07 Å². The molecule has 0 aliphatic rings. The number of nitrogens with two attached hydrogens (primary N) is 1. The van der Waals surface area contributed by atoms with Crippen molar-refractivity contribution >= 4 is 17.2 Å². The van der Waals surface area contributed by atoms with Crippen LogP contribution < -0.4 is 11.1 Å². The molecule has 1 aromatic heterocycles. The van der Waals surface area contributed by atoms with Gasteiger partial charge in [0, 0.05) is 11.9 Å². The lowest BCUT2D eigenvalue weighted by molar-refractivity contribution is 0.867. The van der Waals surface area contributed by atoms with Gasteiger partial charge in [-0.15, -0.1) is 0 Å². The zero-order valence-electron chi connectivity index (χ0n) is 11.0. The Hall–Kier alpha value is -2.54. The third kappa shape index (κ3) is 3.02. The van der Waals surface area contributed by atoms with Crippen molar-refractivity contribution in [3.63, 3.8) is 0 Å². The molecule has 0 radical (unpaired) electrons. The fraction of sp³-hybridized carbons (Fsp3) is 0.200. The van der Waals surface area contributed by atoms with Crippen LogP contribution in [0.4, 0.5) is 17.2 Å². The fourth-order valence-corrected chi connectivity index (χ4v) is 1.76. The normalized spacial score (nSPS) is 10.2. The summed E-state index contributed by atoms with van der Waals surface area (Å²) in [6.45, 7) is 4.29. The number of nitrogens with zero attached hydrogens (tertiary/aromatic N) is 2. The van der Waals surface area contributed by atoms with Gasteiger partial charge in [-0.2, -0.15) is 5.26 Å². The van der Waals surface area contributed by atoms with Crippen LogP contribution >= 0.6 is 0 Å². The quantitative estimate of drug-likeness (QED) is 0.877. The van der Waals surface area contributed by atoms with Gasteiger partial charge in [0.25, 0.3) is 0 Å². The Morgan fingerprint density at radius 1 is 1.32 bits per heavy atom. The highest BCUT2D eigenvalue weighted by Gasteiger charge is 2.05. The first-order valence-corrected chi connectivity index (χ1v) is 6.12. The van der Waals surface area contributed by atoms with Crippen molar-refractivity contribution < 1.29 is 0 Å². The van der Waals surface area contributed by atoms with Gasteiger partial charge in [0.15, 0.2) is 5.82 Å². The van der Waals surface area contributed by atoms with E-state index in [1.807, 2.05) is 18.2 Å². The number of hydrogen-bond acceptors (Lipinski definition) is 4. The topological polar surface area (TPSA) is 74.7 Å². The van der Waals surface area contributed by atoms with Crippen molar-refractivity contribution in [2.75, 3.05) is 11.1 Å². The Morgan fingerprint density at radius 3 is 2.74 bits per heavy atom. The number of nitrogens with one attached hydrogen (secondary N) is 1. The molecule has 2 aromatic rings. The van der Waals surface area contributed by atoms with Crippen molar-refractivity contribution in [1.82, 2.24) is 4.98 Å². The Bertz CT molecular complexity index is 626. The third-order valence-electron chi connectivity index (χ3n) is 2.86. The molecule has 4 nitrogen and oxygen atoms in total. The highest BCUT2D eigenvalue weighted by molar-refractivity contribution is 5.69. The van der Waals surface area contributed by atoms with Crippen LogP contribution in [0.15, 0.2) is 36.5 Å². The summed E-state index contributed by atoms with van der Waals surface area (Å²) in [5, 5.41) is 11.9. The van der Waals surface area contributed by atoms with Crippen molar-refractivity contribution in [1.29, 1.82) is 5.26 Å². The zero-order chi connectivity index (χ0) is 13.8. The Labute approximate surface area is 112 Å². The van der Waals surface area contributed by atoms with E-state index >= 15 is 0 Å². The molecule has 1 heterocycles. The highest BCUT2D eigenvalue weighted by Crippen LogP contribution is 2.24. The van der Waals surface area contributed by atoms with Crippen molar-refractivity contribution in [2.45, 2.75) is 19.8 Å². The van der Waals surface area contributed by atoms with E-state index < -0.39 is 0 Å². The van der Waals surface area contributed by atoms with Gasteiger partial charge >= 0.3 is 0 Å². The van der Waals surface area contributed by atoms with Gasteiger partial charge in [-0.05, 0) is 29.7 Å². The van der Waals surface area contributed by atoms with Crippen LogP contribution in [0.5, 0.6) is 0 Å². The summed E-state index contributed by atoms with van der Waals surface area (Å²) in [4.78, 5) is 4.16. The Morgan fingerprint density at radius 2 is 2.11 bits per heavy atom. The van der Waals surface area contributed by atoms with Crippen LogP contribution in [0.25, 0.3) is 0 Å². The lowest BCUT2D eigenvalue weighted by Crippen LogP contribution is -2.00. The van der Waals surface area contributed by atoms with Gasteiger partial charge in [-0.25, -0.2) is 4.98 Å². The molecule has 0 aliphatic carbocycles. The van der Waals surface area contributed by atoms with E-state index in [9.17, 15) is 0 Å². The molecule has 0 saturated carbocycles. The highest BCUT2D eigenvalue weighted by atomic mass is 15.0. The second-order valence-corrected chi connectivity index (χ2v) is 4.68. The number of rotatable bonds is 3. The number of anilines is 3. The van der Waals surface area contributed by atoms with Crippen molar-refractivity contribution in [2.24, 2.45) is 0 Å². The van der Waals surface area contributed by atoms with E-state index in [0.29, 0.717) is 23.0 Å². The minimum absolute atomic E-state index is 0.457. The van der Waals surface area contributed by atoms with Gasteiger partial charge < -0.3 is 11.1 Å². The largest absolute Gasteiger partial charge is 0.396 e. The summed E-state index contributed by atoms with van der Waals surface area (Å²) in [5.74, 6) is 1.04. The van der Waals surface area contributed by atoms with Gasteiger partial charge in [0.2, 0.25) is 0 Å². The second kappa shape index (κ2) is 5.40. The molecule has 4 heteroatoms. The Balaban J connectivity index is 2.26. The summed E-state index contributed by atoms with van der Waals surface area (Å²) in [6.07, 6.45) is 1.50. The maximum atomic E-state index is 8.77. The molecule has 3 N–H and O–H groups in total. The molecule has 0 fully saturated rings. The van der Waals surface area contributed by atoms with Crippen LogP contribution in [0.2, 0.25) is 0 Å². The molecule has 2 rings (SSSR count). The molecule has 0 atom stereocenters. The van der Waals surface area contributed by atoms with Crippen LogP contribution in [0.1, 0.15) is 30.9 Å². The first-order valence-electron chi connectivity index (χ1n) is 6.12. The van der Waals surface area contributed by atoms with E-state index in [1.54, 1.807) is 6.07 Å². The fourth-order valence-electron chi connectivity index (χ4n) is 1.76. The maximum Gasteiger partial charge on any atom is 0.153 e. The molecule has 0 unspecified atom stereocenters. The number of benzene rings is 1. The van der Waals surface area contributed by atoms with E-state index in [4.69, 9.17) is 11.0 Å². The van der Waals surface area contributed by atoms with E-state index in [-0.39, 0.29) is 0 Å². The minimum Gasteiger partial charge on any atom is -0.396 e. The Kier molecular flexibility index (Phi) is 3.67. The molecule has 1 aromatic carbocycles. The second-order valence-electron chi connectivity index (χ2n) is 4.68. The van der Waals surface area contributed by atoms with Crippen molar-refractivity contribution in [3.05, 3.63) is 47.7 Å². The van der Waals surface area contributed by atoms with Crippen LogP contribution in [-0.4, -0.2) is 4.98 Å². The predicted molar refractivity (Wildman–Crippen MR) is 77.2 cm³/mol. The summed E-state index contributed by atoms with van der Waals surface area (Å²) in [6, 6.07) is 11.7.